The van der Waals surface area contributed by atoms with Crippen LogP contribution < -0.4 is 4.72 Å². The highest BCUT2D eigenvalue weighted by molar-refractivity contribution is 9.10. The summed E-state index contributed by atoms with van der Waals surface area (Å²) in [6, 6.07) is 10.1. The molecule has 19 heavy (non-hydrogen) atoms. The standard InChI is InChI=1S/C13H13BrN2O2S/c1-9-3-5-11(6-4-9)19(17,18)16-12-7-8-13(14)15-10(12)2/h3-8,16H,1-2H3. The Labute approximate surface area is 121 Å². The zero-order valence-electron chi connectivity index (χ0n) is 10.5. The number of hydrogen-bond acceptors (Lipinski definition) is 3. The largest absolute Gasteiger partial charge is 0.278 e. The number of aromatic nitrogens is 1. The zero-order valence-corrected chi connectivity index (χ0v) is 12.9. The molecule has 6 heteroatoms. The van der Waals surface area contributed by atoms with Crippen LogP contribution >= 0.6 is 15.9 Å². The van der Waals surface area contributed by atoms with Gasteiger partial charge in [-0.05, 0) is 54.0 Å². The van der Waals surface area contributed by atoms with E-state index in [1.807, 2.05) is 6.92 Å². The Morgan fingerprint density at radius 2 is 1.68 bits per heavy atom. The monoisotopic (exact) mass is 340 g/mol. The zero-order chi connectivity index (χ0) is 14.0. The van der Waals surface area contributed by atoms with Gasteiger partial charge in [0.15, 0.2) is 0 Å². The van der Waals surface area contributed by atoms with E-state index < -0.39 is 10.0 Å². The van der Waals surface area contributed by atoms with Crippen molar-refractivity contribution in [3.8, 4) is 0 Å². The number of nitrogens with one attached hydrogen (secondary N) is 1. The topological polar surface area (TPSA) is 59.1 Å². The second kappa shape index (κ2) is 5.30. The van der Waals surface area contributed by atoms with Gasteiger partial charge in [-0.25, -0.2) is 13.4 Å². The van der Waals surface area contributed by atoms with E-state index in [0.717, 1.165) is 5.56 Å². The molecule has 2 rings (SSSR count). The van der Waals surface area contributed by atoms with Crippen molar-refractivity contribution in [1.82, 2.24) is 4.98 Å². The molecule has 0 aliphatic rings. The molecule has 0 spiro atoms. The first-order valence-electron chi connectivity index (χ1n) is 5.61. The molecule has 0 fully saturated rings. The molecule has 0 bridgehead atoms. The van der Waals surface area contributed by atoms with Gasteiger partial charge in [0.2, 0.25) is 0 Å². The third-order valence-corrected chi connectivity index (χ3v) is 4.45. The van der Waals surface area contributed by atoms with Gasteiger partial charge in [-0.2, -0.15) is 0 Å². The first-order chi connectivity index (χ1) is 8.88. The molecular weight excluding hydrogens is 328 g/mol. The Bertz CT molecular complexity index is 697. The third-order valence-electron chi connectivity index (χ3n) is 2.63. The number of aryl methyl sites for hydroxylation is 2. The van der Waals surface area contributed by atoms with E-state index in [-0.39, 0.29) is 4.90 Å². The minimum Gasteiger partial charge on any atom is -0.278 e. The summed E-state index contributed by atoms with van der Waals surface area (Å²) in [6.45, 7) is 3.66. The van der Waals surface area contributed by atoms with E-state index in [0.29, 0.717) is 16.0 Å². The highest BCUT2D eigenvalue weighted by atomic mass is 79.9. The molecule has 4 nitrogen and oxygen atoms in total. The molecular formula is C13H13BrN2O2S. The normalized spacial score (nSPS) is 11.3. The smallest absolute Gasteiger partial charge is 0.261 e. The van der Waals surface area contributed by atoms with E-state index >= 15 is 0 Å². The fourth-order valence-electron chi connectivity index (χ4n) is 1.56. The van der Waals surface area contributed by atoms with Gasteiger partial charge in [-0.3, -0.25) is 4.72 Å². The lowest BCUT2D eigenvalue weighted by molar-refractivity contribution is 0.601. The predicted octanol–water partition coefficient (Wildman–Crippen LogP) is 3.26. The number of pyridine rings is 1. The molecule has 2 aromatic rings. The molecule has 0 saturated carbocycles. The van der Waals surface area contributed by atoms with Crippen LogP contribution in [0.4, 0.5) is 5.69 Å². The van der Waals surface area contributed by atoms with Crippen molar-refractivity contribution in [2.75, 3.05) is 4.72 Å². The second-order valence-electron chi connectivity index (χ2n) is 4.19. The molecule has 0 amide bonds. The molecule has 1 N–H and O–H groups in total. The van der Waals surface area contributed by atoms with Crippen molar-refractivity contribution in [2.45, 2.75) is 18.7 Å². The number of sulfonamides is 1. The summed E-state index contributed by atoms with van der Waals surface area (Å²) in [5.41, 5.74) is 2.11. The van der Waals surface area contributed by atoms with Gasteiger partial charge in [0, 0.05) is 0 Å². The van der Waals surface area contributed by atoms with Crippen molar-refractivity contribution in [3.05, 3.63) is 52.3 Å². The maximum Gasteiger partial charge on any atom is 0.261 e. The Hall–Kier alpha value is -1.40. The minimum absolute atomic E-state index is 0.236. The maximum atomic E-state index is 12.2. The molecule has 0 atom stereocenters. The quantitative estimate of drug-likeness (QED) is 0.872. The van der Waals surface area contributed by atoms with Crippen LogP contribution in [0.3, 0.4) is 0 Å². The molecule has 1 aromatic heterocycles. The fraction of sp³-hybridized carbons (Fsp3) is 0.154. The molecule has 0 saturated heterocycles. The lowest BCUT2D eigenvalue weighted by atomic mass is 10.2. The van der Waals surface area contributed by atoms with Gasteiger partial charge < -0.3 is 0 Å². The van der Waals surface area contributed by atoms with Gasteiger partial charge in [-0.1, -0.05) is 17.7 Å². The first kappa shape index (κ1) is 14.0. The van der Waals surface area contributed by atoms with E-state index in [2.05, 4.69) is 25.6 Å². The summed E-state index contributed by atoms with van der Waals surface area (Å²) >= 11 is 3.24. The minimum atomic E-state index is -3.57. The van der Waals surface area contributed by atoms with Gasteiger partial charge >= 0.3 is 0 Å². The van der Waals surface area contributed by atoms with E-state index in [4.69, 9.17) is 0 Å². The van der Waals surface area contributed by atoms with Crippen LogP contribution in [-0.2, 0) is 10.0 Å². The van der Waals surface area contributed by atoms with Gasteiger partial charge in [0.1, 0.15) is 4.60 Å². The Morgan fingerprint density at radius 3 is 2.26 bits per heavy atom. The maximum absolute atomic E-state index is 12.2. The van der Waals surface area contributed by atoms with Gasteiger partial charge in [-0.15, -0.1) is 0 Å². The number of anilines is 1. The number of hydrogen-bond donors (Lipinski definition) is 1. The summed E-state index contributed by atoms with van der Waals surface area (Å²) < 4.78 is 27.6. The second-order valence-corrected chi connectivity index (χ2v) is 6.68. The first-order valence-corrected chi connectivity index (χ1v) is 7.89. The summed E-state index contributed by atoms with van der Waals surface area (Å²) in [5, 5.41) is 0. The highest BCUT2D eigenvalue weighted by Crippen LogP contribution is 2.20. The van der Waals surface area contributed by atoms with Gasteiger partial charge in [0.05, 0.1) is 16.3 Å². The molecule has 0 aliphatic carbocycles. The lowest BCUT2D eigenvalue weighted by Crippen LogP contribution is -2.14. The molecule has 100 valence electrons. The number of rotatable bonds is 3. The van der Waals surface area contributed by atoms with Crippen molar-refractivity contribution in [1.29, 1.82) is 0 Å². The SMILES string of the molecule is Cc1ccc(S(=O)(=O)Nc2ccc(Br)nc2C)cc1. The number of nitrogens with zero attached hydrogens (tertiary/aromatic N) is 1. The van der Waals surface area contributed by atoms with Crippen LogP contribution in [-0.4, -0.2) is 13.4 Å². The Kier molecular flexibility index (Phi) is 3.91. The summed E-state index contributed by atoms with van der Waals surface area (Å²) in [7, 11) is -3.57. The average molecular weight is 341 g/mol. The van der Waals surface area contributed by atoms with Crippen molar-refractivity contribution in [2.24, 2.45) is 0 Å². The summed E-state index contributed by atoms with van der Waals surface area (Å²) in [5.74, 6) is 0. The van der Waals surface area contributed by atoms with E-state index in [1.165, 1.54) is 0 Å². The van der Waals surface area contributed by atoms with Crippen LogP contribution in [0.5, 0.6) is 0 Å². The highest BCUT2D eigenvalue weighted by Gasteiger charge is 2.15. The van der Waals surface area contributed by atoms with Crippen molar-refractivity contribution < 1.29 is 8.42 Å². The van der Waals surface area contributed by atoms with E-state index in [9.17, 15) is 8.42 Å². The van der Waals surface area contributed by atoms with Crippen LogP contribution in [0.25, 0.3) is 0 Å². The molecule has 0 radical (unpaired) electrons. The van der Waals surface area contributed by atoms with Gasteiger partial charge in [0.25, 0.3) is 10.0 Å². The van der Waals surface area contributed by atoms with Crippen molar-refractivity contribution in [3.63, 3.8) is 0 Å². The number of benzene rings is 1. The van der Waals surface area contributed by atoms with Crippen LogP contribution in [0, 0.1) is 13.8 Å². The van der Waals surface area contributed by atoms with Crippen LogP contribution in [0.2, 0.25) is 0 Å². The Morgan fingerprint density at radius 1 is 1.05 bits per heavy atom. The summed E-state index contributed by atoms with van der Waals surface area (Å²) in [6.07, 6.45) is 0. The molecule has 0 aliphatic heterocycles. The predicted molar refractivity (Wildman–Crippen MR) is 78.7 cm³/mol. The fourth-order valence-corrected chi connectivity index (χ4v) is 3.08. The van der Waals surface area contributed by atoms with Crippen LogP contribution in [0.1, 0.15) is 11.3 Å². The molecule has 1 aromatic carbocycles. The van der Waals surface area contributed by atoms with E-state index in [1.54, 1.807) is 43.3 Å². The van der Waals surface area contributed by atoms with Crippen LogP contribution in [0.15, 0.2) is 45.9 Å². The summed E-state index contributed by atoms with van der Waals surface area (Å²) in [4.78, 5) is 4.39. The van der Waals surface area contributed by atoms with Crippen molar-refractivity contribution >= 4 is 31.6 Å². The number of halogens is 1. The molecule has 1 heterocycles. The third kappa shape index (κ3) is 3.33. The Balaban J connectivity index is 2.33. The average Bonchev–Trinajstić information content (AvgIpc) is 2.33. The lowest BCUT2D eigenvalue weighted by Gasteiger charge is -2.10. The molecule has 0 unspecified atom stereocenters.